The van der Waals surface area contributed by atoms with Gasteiger partial charge in [0.15, 0.2) is 6.29 Å². The lowest BCUT2D eigenvalue weighted by atomic mass is 9.99. The third kappa shape index (κ3) is 42.0. The van der Waals surface area contributed by atoms with Gasteiger partial charge in [0.25, 0.3) is 0 Å². The minimum absolute atomic E-state index is 0.000518. The molecule has 1 heterocycles. The van der Waals surface area contributed by atoms with Crippen LogP contribution in [0.25, 0.3) is 0 Å². The van der Waals surface area contributed by atoms with Gasteiger partial charge < -0.3 is 45.1 Å². The zero-order chi connectivity index (χ0) is 53.8. The molecule has 1 aliphatic heterocycles. The summed E-state index contributed by atoms with van der Waals surface area (Å²) in [6.45, 7) is 4.31. The van der Waals surface area contributed by atoms with Crippen LogP contribution in [0.15, 0.2) is 36.5 Å². The maximum absolute atomic E-state index is 13.0. The Kier molecular flexibility index (Phi) is 50.0. The van der Waals surface area contributed by atoms with E-state index < -0.39 is 49.5 Å². The molecular weight excluding hydrogens is 931 g/mol. The molecule has 0 saturated carbocycles. The highest BCUT2D eigenvalue weighted by Crippen LogP contribution is 2.23. The highest BCUT2D eigenvalue weighted by Gasteiger charge is 2.44. The number of ether oxygens (including phenoxy) is 3. The average Bonchev–Trinajstić information content (AvgIpc) is 3.40. The average molecular weight is 1050 g/mol. The van der Waals surface area contributed by atoms with Crippen molar-refractivity contribution < 1.29 is 49.3 Å². The summed E-state index contributed by atoms with van der Waals surface area (Å²) >= 11 is 0. The number of unbranched alkanes of at least 4 members (excludes halogenated alkanes) is 36. The number of rotatable bonds is 54. The number of nitrogens with one attached hydrogen (secondary N) is 1. The predicted molar refractivity (Wildman–Crippen MR) is 306 cm³/mol. The summed E-state index contributed by atoms with van der Waals surface area (Å²) in [5.74, 6) is -0.197. The van der Waals surface area contributed by atoms with E-state index in [9.17, 15) is 35.1 Å². The van der Waals surface area contributed by atoms with Crippen LogP contribution in [0, 0.1) is 0 Å². The van der Waals surface area contributed by atoms with E-state index in [1.54, 1.807) is 6.08 Å². The molecule has 1 amide bonds. The van der Waals surface area contributed by atoms with E-state index in [0.29, 0.717) is 19.4 Å². The zero-order valence-corrected chi connectivity index (χ0v) is 47.8. The number of hydrogen-bond acceptors (Lipinski definition) is 10. The molecule has 0 aromatic heterocycles. The molecule has 0 aliphatic carbocycles. The van der Waals surface area contributed by atoms with Crippen LogP contribution >= 0.6 is 0 Å². The van der Waals surface area contributed by atoms with Crippen molar-refractivity contribution in [1.29, 1.82) is 0 Å². The van der Waals surface area contributed by atoms with Crippen LogP contribution in [0.1, 0.15) is 290 Å². The lowest BCUT2D eigenvalue weighted by molar-refractivity contribution is -0.302. The largest absolute Gasteiger partial charge is 0.466 e. The number of aliphatic hydroxyl groups excluding tert-OH is 5. The lowest BCUT2D eigenvalue weighted by Gasteiger charge is -2.40. The van der Waals surface area contributed by atoms with Gasteiger partial charge in [-0.05, 0) is 70.6 Å². The Morgan fingerprint density at radius 2 is 0.878 bits per heavy atom. The molecule has 1 fully saturated rings. The smallest absolute Gasteiger partial charge is 0.305 e. The summed E-state index contributed by atoms with van der Waals surface area (Å²) in [7, 11) is 0. The van der Waals surface area contributed by atoms with Crippen molar-refractivity contribution in [2.75, 3.05) is 19.8 Å². The number of amides is 1. The van der Waals surface area contributed by atoms with Gasteiger partial charge in [0.2, 0.25) is 5.91 Å². The van der Waals surface area contributed by atoms with Gasteiger partial charge in [0.05, 0.1) is 32.0 Å². The zero-order valence-electron chi connectivity index (χ0n) is 47.8. The van der Waals surface area contributed by atoms with Crippen molar-refractivity contribution in [2.24, 2.45) is 0 Å². The van der Waals surface area contributed by atoms with Crippen molar-refractivity contribution in [3.63, 3.8) is 0 Å². The Morgan fingerprint density at radius 1 is 0.486 bits per heavy atom. The molecule has 6 N–H and O–H groups in total. The molecule has 434 valence electrons. The summed E-state index contributed by atoms with van der Waals surface area (Å²) in [6.07, 6.45) is 55.4. The molecule has 0 aromatic rings. The van der Waals surface area contributed by atoms with E-state index in [1.807, 2.05) is 6.08 Å². The fourth-order valence-electron chi connectivity index (χ4n) is 9.74. The van der Waals surface area contributed by atoms with E-state index in [1.165, 1.54) is 193 Å². The fourth-order valence-corrected chi connectivity index (χ4v) is 9.74. The maximum atomic E-state index is 13.0. The van der Waals surface area contributed by atoms with E-state index in [0.717, 1.165) is 70.6 Å². The highest BCUT2D eigenvalue weighted by atomic mass is 16.7. The molecule has 0 spiro atoms. The van der Waals surface area contributed by atoms with Crippen LogP contribution in [-0.4, -0.2) is 100 Å². The Bertz CT molecular complexity index is 1320. The van der Waals surface area contributed by atoms with E-state index in [-0.39, 0.29) is 18.5 Å². The number of allylic oxidation sites excluding steroid dienone is 5. The van der Waals surface area contributed by atoms with Crippen molar-refractivity contribution in [3.05, 3.63) is 36.5 Å². The van der Waals surface area contributed by atoms with Crippen LogP contribution in [0.2, 0.25) is 0 Å². The molecule has 7 atom stereocenters. The van der Waals surface area contributed by atoms with Gasteiger partial charge in [-0.15, -0.1) is 0 Å². The third-order valence-corrected chi connectivity index (χ3v) is 14.7. The number of hydrogen-bond donors (Lipinski definition) is 6. The first-order chi connectivity index (χ1) is 36.2. The molecule has 0 radical (unpaired) electrons. The summed E-state index contributed by atoms with van der Waals surface area (Å²) in [5, 5.41) is 54.3. The van der Waals surface area contributed by atoms with E-state index >= 15 is 0 Å². The second kappa shape index (κ2) is 52.9. The van der Waals surface area contributed by atoms with Gasteiger partial charge >= 0.3 is 5.97 Å². The van der Waals surface area contributed by atoms with Gasteiger partial charge in [-0.2, -0.15) is 0 Å². The van der Waals surface area contributed by atoms with E-state index in [4.69, 9.17) is 14.2 Å². The molecular formula is C63H117NO10. The van der Waals surface area contributed by atoms with Crippen molar-refractivity contribution in [2.45, 2.75) is 333 Å². The monoisotopic (exact) mass is 1050 g/mol. The standard InChI is InChI=1S/C63H117NO10/c1-3-5-7-9-11-13-29-33-37-41-45-49-56(66)55(54-73-63-62(71)61(70)60(69)57(53-65)74-63)64-58(67)50-46-42-38-34-31-27-25-23-21-19-17-15-16-18-20-22-24-26-28-32-36-40-44-48-52-72-59(68)51-47-43-39-35-30-14-12-10-8-6-4-2/h17,19,29,33,45,49,55-57,60-63,65-66,69-71H,3-16,18,20-28,30-32,34-44,46-48,50-54H2,1-2H3,(H,64,67)/b19-17-,33-29+,49-45+. The lowest BCUT2D eigenvalue weighted by Crippen LogP contribution is -2.60. The quantitative estimate of drug-likeness (QED) is 0.0195. The summed E-state index contributed by atoms with van der Waals surface area (Å²) < 4.78 is 16.7. The Hall–Kier alpha value is -2.12. The first-order valence-electron chi connectivity index (χ1n) is 31.3. The minimum Gasteiger partial charge on any atom is -0.466 e. The topological polar surface area (TPSA) is 175 Å². The van der Waals surface area contributed by atoms with Gasteiger partial charge in [-0.1, -0.05) is 243 Å². The fraction of sp³-hybridized carbons (Fsp3) is 0.873. The Morgan fingerprint density at radius 3 is 1.34 bits per heavy atom. The van der Waals surface area contributed by atoms with Gasteiger partial charge in [-0.25, -0.2) is 0 Å². The Balaban J connectivity index is 2.03. The molecule has 11 nitrogen and oxygen atoms in total. The van der Waals surface area contributed by atoms with Gasteiger partial charge in [0, 0.05) is 12.8 Å². The second-order valence-electron chi connectivity index (χ2n) is 21.8. The van der Waals surface area contributed by atoms with Gasteiger partial charge in [0.1, 0.15) is 24.4 Å². The molecule has 0 bridgehead atoms. The van der Waals surface area contributed by atoms with Crippen LogP contribution in [-0.2, 0) is 23.8 Å². The van der Waals surface area contributed by atoms with Crippen molar-refractivity contribution in [1.82, 2.24) is 5.32 Å². The van der Waals surface area contributed by atoms with Crippen molar-refractivity contribution >= 4 is 11.9 Å². The number of esters is 1. The molecule has 1 aliphatic rings. The van der Waals surface area contributed by atoms with Crippen LogP contribution in [0.5, 0.6) is 0 Å². The van der Waals surface area contributed by atoms with Gasteiger partial charge in [-0.3, -0.25) is 9.59 Å². The number of carbonyl (C=O) groups is 2. The predicted octanol–water partition coefficient (Wildman–Crippen LogP) is 14.7. The molecule has 1 saturated heterocycles. The SMILES string of the molecule is CCCCCCC/C=C/CC/C=C/C(O)C(COC1OC(CO)C(O)C(O)C1O)NC(=O)CCCCCCCCCC/C=C\CCCCCCCCCCCCCCOC(=O)CCCCCCCCCCCCC. The number of aliphatic hydroxyl groups is 5. The normalized spacial score (nSPS) is 19.0. The summed E-state index contributed by atoms with van der Waals surface area (Å²) in [5.41, 5.74) is 0. The minimum atomic E-state index is -1.58. The van der Waals surface area contributed by atoms with Crippen molar-refractivity contribution in [3.8, 4) is 0 Å². The molecule has 74 heavy (non-hydrogen) atoms. The first-order valence-corrected chi connectivity index (χ1v) is 31.3. The van der Waals surface area contributed by atoms with Crippen LogP contribution in [0.3, 0.4) is 0 Å². The second-order valence-corrected chi connectivity index (χ2v) is 21.8. The maximum Gasteiger partial charge on any atom is 0.305 e. The van der Waals surface area contributed by atoms with Crippen LogP contribution < -0.4 is 5.32 Å². The van der Waals surface area contributed by atoms with Crippen LogP contribution in [0.4, 0.5) is 0 Å². The number of carbonyl (C=O) groups excluding carboxylic acids is 2. The molecule has 7 unspecified atom stereocenters. The highest BCUT2D eigenvalue weighted by molar-refractivity contribution is 5.76. The molecule has 1 rings (SSSR count). The molecule has 0 aromatic carbocycles. The summed E-state index contributed by atoms with van der Waals surface area (Å²) in [4.78, 5) is 25.0. The van der Waals surface area contributed by atoms with E-state index in [2.05, 4.69) is 43.5 Å². The Labute approximate surface area is 453 Å². The molecule has 11 heteroatoms. The summed E-state index contributed by atoms with van der Waals surface area (Å²) in [6, 6.07) is -0.830. The third-order valence-electron chi connectivity index (χ3n) is 14.7. The first kappa shape index (κ1) is 69.9.